The van der Waals surface area contributed by atoms with Gasteiger partial charge in [0.15, 0.2) is 5.82 Å². The first-order valence-corrected chi connectivity index (χ1v) is 6.04. The van der Waals surface area contributed by atoms with E-state index >= 15 is 0 Å². The third-order valence-electron chi connectivity index (χ3n) is 3.10. The zero-order chi connectivity index (χ0) is 13.1. The quantitative estimate of drug-likeness (QED) is 0.739. The minimum Gasteiger partial charge on any atom is -0.383 e. The molecule has 1 atom stereocenters. The van der Waals surface area contributed by atoms with Crippen molar-refractivity contribution in [2.24, 2.45) is 5.73 Å². The van der Waals surface area contributed by atoms with Crippen LogP contribution in [0.3, 0.4) is 0 Å². The van der Waals surface area contributed by atoms with E-state index in [0.717, 1.165) is 31.0 Å². The van der Waals surface area contributed by atoms with Crippen LogP contribution in [0.25, 0.3) is 0 Å². The zero-order valence-electron chi connectivity index (χ0n) is 10.8. The van der Waals surface area contributed by atoms with Crippen molar-refractivity contribution in [3.05, 3.63) is 11.6 Å². The Morgan fingerprint density at radius 2 is 2.39 bits per heavy atom. The molecule has 7 heteroatoms. The van der Waals surface area contributed by atoms with E-state index in [-0.39, 0.29) is 12.5 Å². The molecule has 0 radical (unpaired) electrons. The molecule has 2 heterocycles. The average Bonchev–Trinajstić information content (AvgIpc) is 2.93. The Balaban J connectivity index is 1.98. The second kappa shape index (κ2) is 5.45. The van der Waals surface area contributed by atoms with Gasteiger partial charge in [0.25, 0.3) is 0 Å². The highest BCUT2D eigenvalue weighted by molar-refractivity contribution is 5.81. The van der Waals surface area contributed by atoms with Gasteiger partial charge in [-0.1, -0.05) is 0 Å². The van der Waals surface area contributed by atoms with E-state index in [2.05, 4.69) is 14.8 Å². The summed E-state index contributed by atoms with van der Waals surface area (Å²) in [5.41, 5.74) is 5.71. The second-order valence-corrected chi connectivity index (χ2v) is 4.54. The summed E-state index contributed by atoms with van der Waals surface area (Å²) >= 11 is 0. The molecule has 0 fully saturated rings. The number of carbonyl (C=O) groups excluding carboxylic acids is 1. The first-order valence-electron chi connectivity index (χ1n) is 6.04. The van der Waals surface area contributed by atoms with E-state index in [1.54, 1.807) is 11.9 Å². The van der Waals surface area contributed by atoms with Crippen LogP contribution in [-0.2, 0) is 29.0 Å². The number of rotatable bonds is 5. The van der Waals surface area contributed by atoms with E-state index in [1.807, 2.05) is 0 Å². The third-order valence-corrected chi connectivity index (χ3v) is 3.10. The fraction of sp³-hybridized carbons (Fsp3) is 0.727. The fourth-order valence-corrected chi connectivity index (χ4v) is 2.15. The number of hydrogen-bond acceptors (Lipinski definition) is 5. The predicted molar refractivity (Wildman–Crippen MR) is 64.7 cm³/mol. The minimum absolute atomic E-state index is 0.146. The summed E-state index contributed by atoms with van der Waals surface area (Å²) in [6.07, 6.45) is 2.06. The van der Waals surface area contributed by atoms with Gasteiger partial charge in [0.2, 0.25) is 5.91 Å². The number of amides is 1. The molecule has 7 nitrogen and oxygen atoms in total. The summed E-state index contributed by atoms with van der Waals surface area (Å²) in [6, 6.07) is -0.624. The van der Waals surface area contributed by atoms with Crippen molar-refractivity contribution in [3.63, 3.8) is 0 Å². The van der Waals surface area contributed by atoms with Gasteiger partial charge >= 0.3 is 0 Å². The second-order valence-electron chi connectivity index (χ2n) is 4.54. The number of aromatic nitrogens is 3. The van der Waals surface area contributed by atoms with E-state index in [4.69, 9.17) is 10.5 Å². The SMILES string of the molecule is COCC(N)C(=O)N(C)Cc1nnc2n1CCC2. The number of aryl methyl sites for hydroxylation is 1. The minimum atomic E-state index is -0.624. The third kappa shape index (κ3) is 2.51. The van der Waals surface area contributed by atoms with Crippen molar-refractivity contribution >= 4 is 5.91 Å². The molecule has 0 bridgehead atoms. The van der Waals surface area contributed by atoms with Gasteiger partial charge in [-0.15, -0.1) is 10.2 Å². The van der Waals surface area contributed by atoms with Gasteiger partial charge in [0, 0.05) is 27.1 Å². The highest BCUT2D eigenvalue weighted by Crippen LogP contribution is 2.15. The van der Waals surface area contributed by atoms with Crippen LogP contribution < -0.4 is 5.73 Å². The average molecular weight is 253 g/mol. The monoisotopic (exact) mass is 253 g/mol. The molecule has 0 saturated carbocycles. The van der Waals surface area contributed by atoms with Crippen LogP contribution in [0.2, 0.25) is 0 Å². The number of carbonyl (C=O) groups is 1. The van der Waals surface area contributed by atoms with Crippen LogP contribution in [0.5, 0.6) is 0 Å². The lowest BCUT2D eigenvalue weighted by Crippen LogP contribution is -2.44. The maximum atomic E-state index is 11.9. The molecule has 0 spiro atoms. The van der Waals surface area contributed by atoms with Crippen molar-refractivity contribution in [1.82, 2.24) is 19.7 Å². The molecule has 1 aliphatic rings. The fourth-order valence-electron chi connectivity index (χ4n) is 2.15. The summed E-state index contributed by atoms with van der Waals surface area (Å²) in [7, 11) is 3.24. The maximum absolute atomic E-state index is 11.9. The number of fused-ring (bicyclic) bond motifs is 1. The van der Waals surface area contributed by atoms with Crippen molar-refractivity contribution in [2.45, 2.75) is 32.0 Å². The van der Waals surface area contributed by atoms with Gasteiger partial charge in [-0.05, 0) is 6.42 Å². The molecule has 0 saturated heterocycles. The molecule has 2 N–H and O–H groups in total. The highest BCUT2D eigenvalue weighted by Gasteiger charge is 2.22. The Hall–Kier alpha value is -1.47. The lowest BCUT2D eigenvalue weighted by Gasteiger charge is -2.20. The standard InChI is InChI=1S/C11H19N5O2/c1-15(11(17)8(12)7-18-2)6-10-14-13-9-4-3-5-16(9)10/h8H,3-7,12H2,1-2H3. The normalized spacial score (nSPS) is 15.5. The number of likely N-dealkylation sites (N-methyl/N-ethyl adjacent to an activating group) is 1. The summed E-state index contributed by atoms with van der Waals surface area (Å²) < 4.78 is 6.95. The molecule has 1 aromatic heterocycles. The van der Waals surface area contributed by atoms with Crippen LogP contribution in [-0.4, -0.2) is 52.4 Å². The number of nitrogens with two attached hydrogens (primary N) is 1. The van der Waals surface area contributed by atoms with Crippen LogP contribution in [0.1, 0.15) is 18.1 Å². The van der Waals surface area contributed by atoms with Gasteiger partial charge in [-0.25, -0.2) is 0 Å². The Morgan fingerprint density at radius 3 is 3.11 bits per heavy atom. The Labute approximate surface area is 106 Å². The van der Waals surface area contributed by atoms with E-state index in [1.165, 1.54) is 7.11 Å². The first kappa shape index (κ1) is 13.0. The molecule has 100 valence electrons. The summed E-state index contributed by atoms with van der Waals surface area (Å²) in [5.74, 6) is 1.68. The van der Waals surface area contributed by atoms with E-state index in [9.17, 15) is 4.79 Å². The van der Waals surface area contributed by atoms with E-state index in [0.29, 0.717) is 6.54 Å². The van der Waals surface area contributed by atoms with Crippen LogP contribution in [0, 0.1) is 0 Å². The molecular formula is C11H19N5O2. The van der Waals surface area contributed by atoms with Crippen molar-refractivity contribution < 1.29 is 9.53 Å². The zero-order valence-corrected chi connectivity index (χ0v) is 10.8. The van der Waals surface area contributed by atoms with Crippen LogP contribution in [0.4, 0.5) is 0 Å². The number of ether oxygens (including phenoxy) is 1. The molecule has 0 aliphatic carbocycles. The summed E-state index contributed by atoms with van der Waals surface area (Å²) in [4.78, 5) is 13.5. The topological polar surface area (TPSA) is 86.3 Å². The largest absolute Gasteiger partial charge is 0.383 e. The first-order chi connectivity index (χ1) is 8.63. The highest BCUT2D eigenvalue weighted by atomic mass is 16.5. The van der Waals surface area contributed by atoms with Crippen molar-refractivity contribution in [3.8, 4) is 0 Å². The van der Waals surface area contributed by atoms with Gasteiger partial charge < -0.3 is 19.9 Å². The Morgan fingerprint density at radius 1 is 1.61 bits per heavy atom. The van der Waals surface area contributed by atoms with E-state index < -0.39 is 6.04 Å². The molecular weight excluding hydrogens is 234 g/mol. The molecule has 1 aromatic rings. The smallest absolute Gasteiger partial charge is 0.242 e. The van der Waals surface area contributed by atoms with Crippen molar-refractivity contribution in [1.29, 1.82) is 0 Å². The molecule has 1 aliphatic heterocycles. The molecule has 2 rings (SSSR count). The van der Waals surface area contributed by atoms with Crippen LogP contribution >= 0.6 is 0 Å². The van der Waals surface area contributed by atoms with Gasteiger partial charge in [0.1, 0.15) is 11.9 Å². The lowest BCUT2D eigenvalue weighted by molar-refractivity contribution is -0.133. The molecule has 1 unspecified atom stereocenters. The lowest BCUT2D eigenvalue weighted by atomic mass is 10.3. The number of nitrogens with zero attached hydrogens (tertiary/aromatic N) is 4. The molecule has 18 heavy (non-hydrogen) atoms. The van der Waals surface area contributed by atoms with Gasteiger partial charge in [-0.3, -0.25) is 4.79 Å². The Bertz CT molecular complexity index is 431. The van der Waals surface area contributed by atoms with Gasteiger partial charge in [-0.2, -0.15) is 0 Å². The number of methoxy groups -OCH3 is 1. The summed E-state index contributed by atoms with van der Waals surface area (Å²) in [5, 5.41) is 8.22. The molecule has 1 amide bonds. The maximum Gasteiger partial charge on any atom is 0.242 e. The predicted octanol–water partition coefficient (Wildman–Crippen LogP) is -0.844. The Kier molecular flexibility index (Phi) is 3.93. The van der Waals surface area contributed by atoms with Gasteiger partial charge in [0.05, 0.1) is 13.2 Å². The summed E-state index contributed by atoms with van der Waals surface area (Å²) in [6.45, 7) is 1.59. The van der Waals surface area contributed by atoms with Crippen molar-refractivity contribution in [2.75, 3.05) is 20.8 Å². The number of hydrogen-bond donors (Lipinski definition) is 1. The molecule has 0 aromatic carbocycles. The van der Waals surface area contributed by atoms with Crippen LogP contribution in [0.15, 0.2) is 0 Å².